The van der Waals surface area contributed by atoms with Crippen molar-refractivity contribution in [3.63, 3.8) is 0 Å². The summed E-state index contributed by atoms with van der Waals surface area (Å²) >= 11 is 5.18. The lowest BCUT2D eigenvalue weighted by Gasteiger charge is -2.13. The molecule has 3 aromatic carbocycles. The summed E-state index contributed by atoms with van der Waals surface area (Å²) < 4.78 is 12.9. The highest BCUT2D eigenvalue weighted by atomic mass is 35.5. The van der Waals surface area contributed by atoms with Crippen LogP contribution in [0.4, 0.5) is 0 Å². The summed E-state index contributed by atoms with van der Waals surface area (Å²) in [5, 5.41) is 12.5. The molecule has 0 spiro atoms. The summed E-state index contributed by atoms with van der Waals surface area (Å²) in [5.41, 5.74) is 6.97. The number of hydrogen-bond donors (Lipinski definition) is 2. The average molecular weight is 510 g/mol. The van der Waals surface area contributed by atoms with Crippen molar-refractivity contribution in [2.45, 2.75) is 44.6 Å². The molecule has 3 rings (SSSR count). The number of hydrogen-bond acceptors (Lipinski definition) is 3. The van der Waals surface area contributed by atoms with Crippen LogP contribution in [0.5, 0.6) is 0 Å². The molecule has 0 aromatic heterocycles. The van der Waals surface area contributed by atoms with E-state index in [1.165, 1.54) is 16.7 Å². The van der Waals surface area contributed by atoms with Gasteiger partial charge in [0, 0.05) is 18.1 Å². The van der Waals surface area contributed by atoms with Crippen molar-refractivity contribution in [3.8, 4) is 0 Å². The third-order valence-corrected chi connectivity index (χ3v) is 7.57. The van der Waals surface area contributed by atoms with Crippen LogP contribution in [0.2, 0.25) is 5.02 Å². The van der Waals surface area contributed by atoms with Crippen LogP contribution in [0.15, 0.2) is 71.6 Å². The molecule has 0 aliphatic rings. The topological polar surface area (TPSA) is 72.4 Å². The zero-order chi connectivity index (χ0) is 25.2. The molecular formula is C29H32ClNO3S. The number of carbonyl (C=O) groups is 1. The lowest BCUT2D eigenvalue weighted by molar-refractivity contribution is -0.136. The highest BCUT2D eigenvalue weighted by Gasteiger charge is 2.12. The van der Waals surface area contributed by atoms with Crippen LogP contribution in [0.3, 0.4) is 0 Å². The van der Waals surface area contributed by atoms with Gasteiger partial charge in [-0.1, -0.05) is 60.1 Å². The molecule has 1 atom stereocenters. The standard InChI is InChI=1S/C29H32ClNO3S/c1-21-8-9-24(17-22(21)2)18-25(26-5-3-7-27(30)19-26)6-4-16-35(34)28-12-10-23(11-13-28)20-31-15-14-29(32)33/h3,5,7-13,17-19,31H,4,6,14-16,20H2,1-2H3,(H,32,33)/b25-18-. The van der Waals surface area contributed by atoms with Gasteiger partial charge >= 0.3 is 5.97 Å². The quantitative estimate of drug-likeness (QED) is 0.163. The number of rotatable bonds is 12. The summed E-state index contributed by atoms with van der Waals surface area (Å²) in [7, 11) is 0. The first-order valence-corrected chi connectivity index (χ1v) is 13.4. The molecule has 3 aromatic rings. The van der Waals surface area contributed by atoms with E-state index in [9.17, 15) is 9.35 Å². The SMILES string of the molecule is Cc1ccc(/C=C(/CCC[S+]([O-])c2ccc(CNCCC(=O)O)cc2)c2cccc(Cl)c2)cc1C. The Balaban J connectivity index is 1.62. The van der Waals surface area contributed by atoms with Crippen molar-refractivity contribution in [2.75, 3.05) is 12.3 Å². The molecule has 35 heavy (non-hydrogen) atoms. The fourth-order valence-electron chi connectivity index (χ4n) is 3.74. The van der Waals surface area contributed by atoms with Crippen LogP contribution in [0, 0.1) is 13.8 Å². The number of aryl methyl sites for hydroxylation is 2. The van der Waals surface area contributed by atoms with Crippen LogP contribution in [0.25, 0.3) is 11.6 Å². The summed E-state index contributed by atoms with van der Waals surface area (Å²) in [4.78, 5) is 11.4. The molecule has 0 fully saturated rings. The van der Waals surface area contributed by atoms with Gasteiger partial charge in [-0.3, -0.25) is 4.79 Å². The van der Waals surface area contributed by atoms with Crippen LogP contribution in [-0.2, 0) is 22.5 Å². The molecule has 0 saturated carbocycles. The van der Waals surface area contributed by atoms with Gasteiger partial charge in [-0.25, -0.2) is 0 Å². The Morgan fingerprint density at radius 3 is 2.49 bits per heavy atom. The zero-order valence-corrected chi connectivity index (χ0v) is 21.8. The van der Waals surface area contributed by atoms with E-state index in [1.54, 1.807) is 0 Å². The summed E-state index contributed by atoms with van der Waals surface area (Å²) in [5.74, 6) is -0.244. The highest BCUT2D eigenvalue weighted by Crippen LogP contribution is 2.27. The van der Waals surface area contributed by atoms with E-state index in [0.717, 1.165) is 34.4 Å². The second kappa shape index (κ2) is 13.5. The van der Waals surface area contributed by atoms with Crippen LogP contribution in [-0.4, -0.2) is 27.9 Å². The third-order valence-electron chi connectivity index (χ3n) is 5.87. The minimum atomic E-state index is -1.09. The maximum atomic E-state index is 12.9. The molecule has 0 aliphatic heterocycles. The Morgan fingerprint density at radius 1 is 1.03 bits per heavy atom. The van der Waals surface area contributed by atoms with Gasteiger partial charge in [0.25, 0.3) is 0 Å². The number of aliphatic carboxylic acids is 1. The predicted molar refractivity (Wildman–Crippen MR) is 146 cm³/mol. The van der Waals surface area contributed by atoms with Gasteiger partial charge in [-0.2, -0.15) is 0 Å². The molecule has 0 aliphatic carbocycles. The second-order valence-corrected chi connectivity index (χ2v) is 10.6. The Hall–Kier alpha value is -2.57. The van der Waals surface area contributed by atoms with E-state index in [2.05, 4.69) is 49.5 Å². The largest absolute Gasteiger partial charge is 0.611 e. The lowest BCUT2D eigenvalue weighted by Crippen LogP contribution is -2.17. The molecule has 0 radical (unpaired) electrons. The first kappa shape index (κ1) is 27.0. The Kier molecular flexibility index (Phi) is 10.4. The average Bonchev–Trinajstić information content (AvgIpc) is 2.83. The second-order valence-electron chi connectivity index (χ2n) is 8.64. The normalized spacial score (nSPS) is 12.5. The van der Waals surface area contributed by atoms with Crippen molar-refractivity contribution in [3.05, 3.63) is 99.6 Å². The van der Waals surface area contributed by atoms with Crippen molar-refractivity contribution < 1.29 is 14.5 Å². The molecule has 0 saturated heterocycles. The maximum absolute atomic E-state index is 12.9. The molecular weight excluding hydrogens is 478 g/mol. The van der Waals surface area contributed by atoms with Gasteiger partial charge < -0.3 is 15.0 Å². The van der Waals surface area contributed by atoms with Crippen molar-refractivity contribution in [1.29, 1.82) is 0 Å². The first-order valence-electron chi connectivity index (χ1n) is 11.8. The molecule has 1 unspecified atom stereocenters. The van der Waals surface area contributed by atoms with Crippen LogP contribution in [0.1, 0.15) is 47.1 Å². The van der Waals surface area contributed by atoms with E-state index in [0.29, 0.717) is 23.9 Å². The fraction of sp³-hybridized carbons (Fsp3) is 0.276. The molecule has 6 heteroatoms. The number of allylic oxidation sites excluding steroid dienone is 1. The molecule has 0 bridgehead atoms. The monoisotopic (exact) mass is 509 g/mol. The van der Waals surface area contributed by atoms with Crippen molar-refractivity contribution >= 4 is 40.4 Å². The number of halogens is 1. The van der Waals surface area contributed by atoms with E-state index in [-0.39, 0.29) is 6.42 Å². The molecule has 184 valence electrons. The minimum Gasteiger partial charge on any atom is -0.611 e. The van der Waals surface area contributed by atoms with E-state index in [1.807, 2.05) is 42.5 Å². The predicted octanol–water partition coefficient (Wildman–Crippen LogP) is 6.65. The van der Waals surface area contributed by atoms with Gasteiger partial charge in [-0.05, 0) is 95.5 Å². The van der Waals surface area contributed by atoms with Crippen LogP contribution >= 0.6 is 11.6 Å². The van der Waals surface area contributed by atoms with Crippen molar-refractivity contribution in [1.82, 2.24) is 5.32 Å². The Labute approximate surface area is 216 Å². The Morgan fingerprint density at radius 2 is 1.80 bits per heavy atom. The summed E-state index contributed by atoms with van der Waals surface area (Å²) in [6, 6.07) is 22.0. The molecule has 0 amide bonds. The van der Waals surface area contributed by atoms with Crippen molar-refractivity contribution in [2.24, 2.45) is 0 Å². The van der Waals surface area contributed by atoms with E-state index in [4.69, 9.17) is 16.7 Å². The number of nitrogens with one attached hydrogen (secondary N) is 1. The van der Waals surface area contributed by atoms with Gasteiger partial charge in [-0.15, -0.1) is 0 Å². The lowest BCUT2D eigenvalue weighted by atomic mass is 9.97. The molecule has 2 N–H and O–H groups in total. The van der Waals surface area contributed by atoms with Gasteiger partial charge in [0.1, 0.15) is 5.75 Å². The van der Waals surface area contributed by atoms with Gasteiger partial charge in [0.05, 0.1) is 6.42 Å². The Bertz CT molecular complexity index is 1160. The highest BCUT2D eigenvalue weighted by molar-refractivity contribution is 7.91. The molecule has 4 nitrogen and oxygen atoms in total. The fourth-order valence-corrected chi connectivity index (χ4v) is 5.01. The zero-order valence-electron chi connectivity index (χ0n) is 20.2. The van der Waals surface area contributed by atoms with Crippen LogP contribution < -0.4 is 5.32 Å². The summed E-state index contributed by atoms with van der Waals surface area (Å²) in [6.07, 6.45) is 3.88. The number of benzene rings is 3. The third kappa shape index (κ3) is 8.86. The maximum Gasteiger partial charge on any atom is 0.304 e. The molecule has 0 heterocycles. The number of carboxylic acids is 1. The number of carboxylic acid groups (broad SMARTS) is 1. The van der Waals surface area contributed by atoms with E-state index >= 15 is 0 Å². The minimum absolute atomic E-state index is 0.0945. The van der Waals surface area contributed by atoms with E-state index < -0.39 is 17.1 Å². The van der Waals surface area contributed by atoms with Gasteiger partial charge in [0.2, 0.25) is 0 Å². The smallest absolute Gasteiger partial charge is 0.304 e. The first-order chi connectivity index (χ1) is 16.8. The summed E-state index contributed by atoms with van der Waals surface area (Å²) in [6.45, 7) is 5.24. The van der Waals surface area contributed by atoms with Gasteiger partial charge in [0.15, 0.2) is 4.90 Å².